The third kappa shape index (κ3) is 4.62. The molecule has 1 aliphatic heterocycles. The van der Waals surface area contributed by atoms with E-state index >= 15 is 0 Å². The second kappa shape index (κ2) is 9.75. The Kier molecular flexibility index (Phi) is 6.69. The number of benzene rings is 3. The number of hydrogen-bond donors (Lipinski definition) is 0. The van der Waals surface area contributed by atoms with Gasteiger partial charge in [0.1, 0.15) is 0 Å². The number of halogens is 3. The molecular weight excluding hydrogens is 523 g/mol. The van der Waals surface area contributed by atoms with Crippen LogP contribution in [-0.4, -0.2) is 15.7 Å². The Labute approximate surface area is 222 Å². The quantitative estimate of drug-likeness (QED) is 0.238. The van der Waals surface area contributed by atoms with E-state index in [1.165, 1.54) is 5.56 Å². The molecule has 35 heavy (non-hydrogen) atoms. The Balaban J connectivity index is 1.58. The maximum atomic E-state index is 13.2. The van der Waals surface area contributed by atoms with Crippen molar-refractivity contribution in [3.63, 3.8) is 0 Å². The van der Waals surface area contributed by atoms with Gasteiger partial charge in [-0.25, -0.2) is 4.90 Å². The van der Waals surface area contributed by atoms with E-state index in [2.05, 4.69) is 17.6 Å². The van der Waals surface area contributed by atoms with Crippen molar-refractivity contribution in [2.75, 3.05) is 4.90 Å². The van der Waals surface area contributed by atoms with E-state index in [9.17, 15) is 9.59 Å². The number of rotatable bonds is 5. The first-order chi connectivity index (χ1) is 16.9. The van der Waals surface area contributed by atoms with E-state index in [0.29, 0.717) is 32.2 Å². The number of aryl methyl sites for hydroxylation is 1. The number of para-hydroxylation sites is 1. The Morgan fingerprint density at radius 1 is 0.914 bits per heavy atom. The number of thioether (sulfide) groups is 1. The van der Waals surface area contributed by atoms with Gasteiger partial charge in [-0.3, -0.25) is 9.59 Å². The molecule has 0 radical (unpaired) electrons. The topological polar surface area (TPSA) is 42.3 Å². The van der Waals surface area contributed by atoms with Gasteiger partial charge in [0.05, 0.1) is 16.1 Å². The van der Waals surface area contributed by atoms with Crippen LogP contribution in [0.4, 0.5) is 10.5 Å². The van der Waals surface area contributed by atoms with E-state index in [1.54, 1.807) is 36.4 Å². The SMILES string of the molecule is CCc1cccc2c(/C=C3\SC(=O)N(c4cccc(Cl)c4)C3=O)cn(Cc3ccc(Cl)cc3Cl)c12. The number of nitrogens with zero attached hydrogens (tertiary/aromatic N) is 2. The Bertz CT molecular complexity index is 1530. The van der Waals surface area contributed by atoms with Crippen molar-refractivity contribution in [2.45, 2.75) is 19.9 Å². The maximum Gasteiger partial charge on any atom is 0.298 e. The molecule has 8 heteroatoms. The van der Waals surface area contributed by atoms with Crippen molar-refractivity contribution in [3.05, 3.63) is 104 Å². The highest BCUT2D eigenvalue weighted by atomic mass is 35.5. The number of amides is 2. The van der Waals surface area contributed by atoms with E-state index in [-0.39, 0.29) is 11.1 Å². The Morgan fingerprint density at radius 3 is 2.43 bits per heavy atom. The van der Waals surface area contributed by atoms with Gasteiger partial charge in [0.2, 0.25) is 0 Å². The monoisotopic (exact) mass is 540 g/mol. The zero-order valence-corrected chi connectivity index (χ0v) is 21.7. The normalized spacial score (nSPS) is 15.1. The minimum Gasteiger partial charge on any atom is -0.342 e. The van der Waals surface area contributed by atoms with Crippen LogP contribution < -0.4 is 4.90 Å². The zero-order valence-electron chi connectivity index (χ0n) is 18.6. The lowest BCUT2D eigenvalue weighted by Crippen LogP contribution is -2.27. The summed E-state index contributed by atoms with van der Waals surface area (Å²) in [5.74, 6) is -0.365. The predicted octanol–water partition coefficient (Wildman–Crippen LogP) is 8.45. The summed E-state index contributed by atoms with van der Waals surface area (Å²) in [6.07, 6.45) is 4.64. The molecule has 4 aromatic rings. The number of hydrogen-bond acceptors (Lipinski definition) is 3. The first-order valence-electron chi connectivity index (χ1n) is 10.9. The van der Waals surface area contributed by atoms with E-state index in [1.807, 2.05) is 30.5 Å². The molecule has 0 bridgehead atoms. The summed E-state index contributed by atoms with van der Waals surface area (Å²) < 4.78 is 2.14. The second-order valence-electron chi connectivity index (χ2n) is 8.11. The highest BCUT2D eigenvalue weighted by Gasteiger charge is 2.36. The summed E-state index contributed by atoms with van der Waals surface area (Å²) in [6, 6.07) is 18.3. The molecule has 4 nitrogen and oxygen atoms in total. The number of anilines is 1. The molecule has 3 aromatic carbocycles. The fourth-order valence-corrected chi connectivity index (χ4v) is 5.76. The van der Waals surface area contributed by atoms with Gasteiger partial charge in [-0.2, -0.15) is 0 Å². The predicted molar refractivity (Wildman–Crippen MR) is 147 cm³/mol. The van der Waals surface area contributed by atoms with Crippen molar-refractivity contribution < 1.29 is 9.59 Å². The fourth-order valence-electron chi connectivity index (χ4n) is 4.27. The molecule has 0 unspecified atom stereocenters. The summed E-state index contributed by atoms with van der Waals surface area (Å²) in [4.78, 5) is 27.4. The zero-order chi connectivity index (χ0) is 24.7. The van der Waals surface area contributed by atoms with Crippen molar-refractivity contribution in [2.24, 2.45) is 0 Å². The minimum atomic E-state index is -0.365. The van der Waals surface area contributed by atoms with Gasteiger partial charge in [-0.05, 0) is 65.7 Å². The number of imide groups is 1. The fraction of sp³-hybridized carbons (Fsp3) is 0.111. The summed E-state index contributed by atoms with van der Waals surface area (Å²) in [5.41, 5.74) is 4.50. The highest BCUT2D eigenvalue weighted by molar-refractivity contribution is 8.19. The van der Waals surface area contributed by atoms with E-state index < -0.39 is 0 Å². The molecule has 176 valence electrons. The van der Waals surface area contributed by atoms with Crippen LogP contribution in [0.1, 0.15) is 23.6 Å². The first-order valence-corrected chi connectivity index (χ1v) is 12.9. The van der Waals surface area contributed by atoms with Gasteiger partial charge in [0.15, 0.2) is 0 Å². The van der Waals surface area contributed by atoms with Crippen LogP contribution in [0.2, 0.25) is 15.1 Å². The molecule has 0 N–H and O–H groups in total. The molecule has 0 saturated carbocycles. The third-order valence-electron chi connectivity index (χ3n) is 5.90. The van der Waals surface area contributed by atoms with E-state index in [4.69, 9.17) is 34.8 Å². The Hall–Kier alpha value is -2.70. The van der Waals surface area contributed by atoms with Gasteiger partial charge in [-0.15, -0.1) is 0 Å². The molecule has 0 aliphatic carbocycles. The van der Waals surface area contributed by atoms with Gasteiger partial charge >= 0.3 is 0 Å². The Morgan fingerprint density at radius 2 is 1.69 bits per heavy atom. The molecule has 1 aromatic heterocycles. The van der Waals surface area contributed by atoms with Crippen LogP contribution in [0.25, 0.3) is 17.0 Å². The minimum absolute atomic E-state index is 0.352. The third-order valence-corrected chi connectivity index (χ3v) is 7.59. The van der Waals surface area contributed by atoms with E-state index in [0.717, 1.165) is 45.1 Å². The van der Waals surface area contributed by atoms with Crippen LogP contribution in [0.3, 0.4) is 0 Å². The molecular formula is C27H19Cl3N2O2S. The number of aromatic nitrogens is 1. The standard InChI is InChI=1S/C27H19Cl3N2O2S/c1-2-16-5-3-8-22-18(15-31(25(16)22)14-17-9-10-20(29)13-23(17)30)11-24-26(33)32(27(34)35-24)21-7-4-6-19(28)12-21/h3-13,15H,2,14H2,1H3/b24-11-. The number of carbonyl (C=O) groups is 2. The lowest BCUT2D eigenvalue weighted by Gasteiger charge is -2.12. The smallest absolute Gasteiger partial charge is 0.298 e. The van der Waals surface area contributed by atoms with Gasteiger partial charge in [-0.1, -0.05) is 72.1 Å². The number of fused-ring (bicyclic) bond motifs is 1. The molecule has 5 rings (SSSR count). The van der Waals surface area contributed by atoms with Gasteiger partial charge < -0.3 is 4.57 Å². The van der Waals surface area contributed by atoms with Crippen LogP contribution >= 0.6 is 46.6 Å². The first kappa shape index (κ1) is 24.0. The molecule has 0 spiro atoms. The molecule has 1 fully saturated rings. The summed E-state index contributed by atoms with van der Waals surface area (Å²) in [6.45, 7) is 2.65. The largest absolute Gasteiger partial charge is 0.342 e. The molecule has 2 heterocycles. The average Bonchev–Trinajstić information content (AvgIpc) is 3.32. The summed E-state index contributed by atoms with van der Waals surface area (Å²) >= 11 is 19.5. The number of carbonyl (C=O) groups excluding carboxylic acids is 2. The van der Waals surface area contributed by atoms with Crippen molar-refractivity contribution in [1.29, 1.82) is 0 Å². The van der Waals surface area contributed by atoms with Crippen LogP contribution in [0, 0.1) is 0 Å². The average molecular weight is 542 g/mol. The summed E-state index contributed by atoms with van der Waals surface area (Å²) in [5, 5.41) is 2.29. The second-order valence-corrected chi connectivity index (χ2v) is 10.4. The van der Waals surface area contributed by atoms with Crippen molar-refractivity contribution in [1.82, 2.24) is 4.57 Å². The van der Waals surface area contributed by atoms with Gasteiger partial charge in [0, 0.05) is 38.8 Å². The van der Waals surface area contributed by atoms with Crippen LogP contribution in [0.15, 0.2) is 71.8 Å². The molecule has 1 saturated heterocycles. The van der Waals surface area contributed by atoms with Crippen LogP contribution in [0.5, 0.6) is 0 Å². The van der Waals surface area contributed by atoms with Crippen molar-refractivity contribution in [3.8, 4) is 0 Å². The molecule has 2 amide bonds. The molecule has 0 atom stereocenters. The lowest BCUT2D eigenvalue weighted by atomic mass is 10.1. The summed E-state index contributed by atoms with van der Waals surface area (Å²) in [7, 11) is 0. The lowest BCUT2D eigenvalue weighted by molar-refractivity contribution is -0.113. The van der Waals surface area contributed by atoms with Crippen molar-refractivity contribution >= 4 is 80.4 Å². The van der Waals surface area contributed by atoms with Gasteiger partial charge in [0.25, 0.3) is 11.1 Å². The maximum absolute atomic E-state index is 13.2. The highest BCUT2D eigenvalue weighted by Crippen LogP contribution is 2.38. The molecule has 1 aliphatic rings. The van der Waals surface area contributed by atoms with Crippen LogP contribution in [-0.2, 0) is 17.8 Å².